The second kappa shape index (κ2) is 8.58. The lowest BCUT2D eigenvalue weighted by molar-refractivity contribution is 0.0740. The Morgan fingerprint density at radius 2 is 1.59 bits per heavy atom. The van der Waals surface area contributed by atoms with Crippen molar-refractivity contribution in [2.24, 2.45) is 0 Å². The summed E-state index contributed by atoms with van der Waals surface area (Å²) in [5.41, 5.74) is 1.06. The Bertz CT molecular complexity index is 1300. The molecule has 0 bridgehead atoms. The molecule has 0 aliphatic carbocycles. The van der Waals surface area contributed by atoms with E-state index in [9.17, 15) is 9.59 Å². The Labute approximate surface area is 184 Å². The Kier molecular flexibility index (Phi) is 5.33. The maximum atomic E-state index is 13.5. The average molecular weight is 426 g/mol. The van der Waals surface area contributed by atoms with Gasteiger partial charge in [-0.2, -0.15) is 5.10 Å². The van der Waals surface area contributed by atoms with E-state index in [2.05, 4.69) is 20.0 Å². The second-order valence-electron chi connectivity index (χ2n) is 7.69. The van der Waals surface area contributed by atoms with Gasteiger partial charge in [-0.05, 0) is 11.6 Å². The van der Waals surface area contributed by atoms with E-state index in [-0.39, 0.29) is 11.5 Å². The van der Waals surface area contributed by atoms with Crippen LogP contribution in [0.3, 0.4) is 0 Å². The van der Waals surface area contributed by atoms with Crippen molar-refractivity contribution in [2.75, 3.05) is 31.1 Å². The Morgan fingerprint density at radius 1 is 0.875 bits per heavy atom. The number of hydrogen-bond acceptors (Lipinski definition) is 6. The van der Waals surface area contributed by atoms with Crippen LogP contribution in [0.5, 0.6) is 0 Å². The number of amides is 1. The molecular formula is C24H22N6O2. The molecule has 2 aromatic carbocycles. The average Bonchev–Trinajstić information content (AvgIpc) is 2.87. The molecule has 1 saturated heterocycles. The van der Waals surface area contributed by atoms with E-state index in [1.54, 1.807) is 35.6 Å². The normalized spacial score (nSPS) is 14.0. The van der Waals surface area contributed by atoms with Crippen LogP contribution >= 0.6 is 0 Å². The minimum Gasteiger partial charge on any atom is -0.352 e. The molecule has 0 spiro atoms. The van der Waals surface area contributed by atoms with Gasteiger partial charge in [-0.25, -0.2) is 9.67 Å². The maximum Gasteiger partial charge on any atom is 0.275 e. The molecule has 1 aliphatic heterocycles. The van der Waals surface area contributed by atoms with Crippen LogP contribution in [-0.2, 0) is 6.54 Å². The zero-order chi connectivity index (χ0) is 21.9. The molecule has 0 unspecified atom stereocenters. The number of piperazine rings is 1. The quantitative estimate of drug-likeness (QED) is 0.497. The molecule has 1 fully saturated rings. The van der Waals surface area contributed by atoms with Crippen LogP contribution in [-0.4, -0.2) is 56.7 Å². The molecule has 1 amide bonds. The van der Waals surface area contributed by atoms with Gasteiger partial charge in [0.2, 0.25) is 0 Å². The monoisotopic (exact) mass is 426 g/mol. The molecule has 1 aliphatic rings. The minimum atomic E-state index is -0.200. The molecule has 0 atom stereocenters. The van der Waals surface area contributed by atoms with Gasteiger partial charge in [0.25, 0.3) is 11.5 Å². The first-order chi connectivity index (χ1) is 15.7. The van der Waals surface area contributed by atoms with E-state index in [1.165, 1.54) is 4.68 Å². The molecule has 8 nitrogen and oxygen atoms in total. The molecule has 0 radical (unpaired) electrons. The highest BCUT2D eigenvalue weighted by atomic mass is 16.2. The van der Waals surface area contributed by atoms with Crippen LogP contribution in [0.25, 0.3) is 10.8 Å². The number of fused-ring (bicyclic) bond motifs is 1. The predicted molar refractivity (Wildman–Crippen MR) is 122 cm³/mol. The van der Waals surface area contributed by atoms with E-state index in [4.69, 9.17) is 0 Å². The summed E-state index contributed by atoms with van der Waals surface area (Å²) in [6, 6.07) is 16.8. The minimum absolute atomic E-state index is 0.165. The van der Waals surface area contributed by atoms with Crippen LogP contribution < -0.4 is 10.5 Å². The van der Waals surface area contributed by atoms with Crippen molar-refractivity contribution in [2.45, 2.75) is 6.54 Å². The lowest BCUT2D eigenvalue weighted by Gasteiger charge is -2.35. The van der Waals surface area contributed by atoms with E-state index in [0.717, 1.165) is 11.4 Å². The van der Waals surface area contributed by atoms with Crippen molar-refractivity contribution in [3.05, 3.63) is 94.8 Å². The summed E-state index contributed by atoms with van der Waals surface area (Å²) in [4.78, 5) is 38.9. The molecule has 160 valence electrons. The van der Waals surface area contributed by atoms with Gasteiger partial charge in [0, 0.05) is 44.0 Å². The molecule has 5 rings (SSSR count). The molecule has 8 heteroatoms. The Hall–Kier alpha value is -4.07. The smallest absolute Gasteiger partial charge is 0.275 e. The summed E-state index contributed by atoms with van der Waals surface area (Å²) < 4.78 is 1.39. The van der Waals surface area contributed by atoms with Crippen molar-refractivity contribution >= 4 is 22.5 Å². The van der Waals surface area contributed by atoms with Crippen molar-refractivity contribution in [1.82, 2.24) is 24.6 Å². The molecule has 3 heterocycles. The lowest BCUT2D eigenvalue weighted by Crippen LogP contribution is -2.49. The largest absolute Gasteiger partial charge is 0.352 e. The third kappa shape index (κ3) is 3.82. The SMILES string of the molecule is O=C(c1nn(Cc2ccccc2)c(=O)c2ccccc12)N1CCN(c2cnccn2)CC1. The van der Waals surface area contributed by atoms with Crippen molar-refractivity contribution < 1.29 is 4.79 Å². The fourth-order valence-corrected chi connectivity index (χ4v) is 4.00. The van der Waals surface area contributed by atoms with E-state index >= 15 is 0 Å². The van der Waals surface area contributed by atoms with Gasteiger partial charge in [-0.15, -0.1) is 0 Å². The Morgan fingerprint density at radius 3 is 2.31 bits per heavy atom. The molecule has 4 aromatic rings. The van der Waals surface area contributed by atoms with Crippen LogP contribution in [0.4, 0.5) is 5.82 Å². The zero-order valence-electron chi connectivity index (χ0n) is 17.5. The van der Waals surface area contributed by atoms with Gasteiger partial charge in [0.1, 0.15) is 5.82 Å². The standard InChI is InChI=1S/C24H22N6O2/c31-23-20-9-5-4-8-19(20)22(27-30(23)17-18-6-2-1-3-7-18)24(32)29-14-12-28(13-15-29)21-16-25-10-11-26-21/h1-11,16H,12-15,17H2. The summed E-state index contributed by atoms with van der Waals surface area (Å²) in [5.74, 6) is 0.640. The predicted octanol–water partition coefficient (Wildman–Crippen LogP) is 2.20. The molecular weight excluding hydrogens is 404 g/mol. The zero-order valence-corrected chi connectivity index (χ0v) is 17.5. The number of hydrogen-bond donors (Lipinski definition) is 0. The summed E-state index contributed by atoms with van der Waals surface area (Å²) in [6.07, 6.45) is 5.04. The highest BCUT2D eigenvalue weighted by Gasteiger charge is 2.26. The van der Waals surface area contributed by atoms with Gasteiger partial charge in [-0.1, -0.05) is 48.5 Å². The fourth-order valence-electron chi connectivity index (χ4n) is 4.00. The third-order valence-corrected chi connectivity index (χ3v) is 5.69. The summed E-state index contributed by atoms with van der Waals surface area (Å²) in [7, 11) is 0. The van der Waals surface area contributed by atoms with Crippen molar-refractivity contribution in [3.63, 3.8) is 0 Å². The lowest BCUT2D eigenvalue weighted by atomic mass is 10.1. The molecule has 2 aromatic heterocycles. The number of benzene rings is 2. The molecule has 32 heavy (non-hydrogen) atoms. The summed E-state index contributed by atoms with van der Waals surface area (Å²) in [6.45, 7) is 2.72. The van der Waals surface area contributed by atoms with Crippen molar-refractivity contribution in [3.8, 4) is 0 Å². The number of aromatic nitrogens is 4. The first kappa shape index (κ1) is 19.9. The van der Waals surface area contributed by atoms with Crippen LogP contribution in [0.2, 0.25) is 0 Å². The summed E-state index contributed by atoms with van der Waals surface area (Å²) >= 11 is 0. The first-order valence-corrected chi connectivity index (χ1v) is 10.5. The van der Waals surface area contributed by atoms with E-state index in [0.29, 0.717) is 49.2 Å². The fraction of sp³-hybridized carbons (Fsp3) is 0.208. The van der Waals surface area contributed by atoms with Gasteiger partial charge in [0.05, 0.1) is 18.1 Å². The summed E-state index contributed by atoms with van der Waals surface area (Å²) in [5, 5.41) is 5.61. The van der Waals surface area contributed by atoms with E-state index < -0.39 is 0 Å². The second-order valence-corrected chi connectivity index (χ2v) is 7.69. The third-order valence-electron chi connectivity index (χ3n) is 5.69. The maximum absolute atomic E-state index is 13.5. The van der Waals surface area contributed by atoms with Crippen LogP contribution in [0.1, 0.15) is 16.1 Å². The van der Waals surface area contributed by atoms with Gasteiger partial charge >= 0.3 is 0 Å². The highest BCUT2D eigenvalue weighted by Crippen LogP contribution is 2.18. The molecule has 0 N–H and O–H groups in total. The van der Waals surface area contributed by atoms with Crippen LogP contribution in [0.15, 0.2) is 78.0 Å². The number of carbonyl (C=O) groups is 1. The number of anilines is 1. The van der Waals surface area contributed by atoms with Gasteiger partial charge in [0.15, 0.2) is 5.69 Å². The number of rotatable bonds is 4. The van der Waals surface area contributed by atoms with E-state index in [1.807, 2.05) is 42.5 Å². The first-order valence-electron chi connectivity index (χ1n) is 10.5. The highest BCUT2D eigenvalue weighted by molar-refractivity contribution is 6.04. The van der Waals surface area contributed by atoms with Crippen molar-refractivity contribution in [1.29, 1.82) is 0 Å². The Balaban J connectivity index is 1.45. The van der Waals surface area contributed by atoms with Gasteiger partial charge < -0.3 is 9.80 Å². The topological polar surface area (TPSA) is 84.2 Å². The number of nitrogens with zero attached hydrogens (tertiary/aromatic N) is 6. The number of carbonyl (C=O) groups excluding carboxylic acids is 1. The van der Waals surface area contributed by atoms with Crippen LogP contribution in [0, 0.1) is 0 Å². The van der Waals surface area contributed by atoms with Gasteiger partial charge in [-0.3, -0.25) is 14.6 Å². The molecule has 0 saturated carbocycles.